The van der Waals surface area contributed by atoms with Crippen LogP contribution >= 0.6 is 11.6 Å². The van der Waals surface area contributed by atoms with Crippen molar-refractivity contribution in [3.8, 4) is 0 Å². The number of hydrogen-bond acceptors (Lipinski definition) is 2. The number of halogens is 4. The highest BCUT2D eigenvalue weighted by molar-refractivity contribution is 6.32. The molecule has 0 aliphatic heterocycles. The molecule has 0 radical (unpaired) electrons. The number of hydrogen-bond donors (Lipinski definition) is 0. The Bertz CT molecular complexity index is 446. The standard InChI is InChI=1S/C13H15ClF3NO/c1-2-3-4-5-6-10(19)9-7-8-11(13(15,16)17)18-12(9)14/h7-8H,2-6H2,1H3. The summed E-state index contributed by atoms with van der Waals surface area (Å²) in [5, 5.41) is -0.379. The van der Waals surface area contributed by atoms with Gasteiger partial charge in [-0.2, -0.15) is 13.2 Å². The van der Waals surface area contributed by atoms with E-state index in [2.05, 4.69) is 11.9 Å². The summed E-state index contributed by atoms with van der Waals surface area (Å²) in [6.07, 6.45) is -0.542. The molecule has 6 heteroatoms. The highest BCUT2D eigenvalue weighted by Crippen LogP contribution is 2.29. The van der Waals surface area contributed by atoms with Crippen LogP contribution in [0.5, 0.6) is 0 Å². The third-order valence-electron chi connectivity index (χ3n) is 2.70. The van der Waals surface area contributed by atoms with Gasteiger partial charge in [-0.05, 0) is 18.6 Å². The topological polar surface area (TPSA) is 30.0 Å². The van der Waals surface area contributed by atoms with Crippen LogP contribution in [-0.4, -0.2) is 10.8 Å². The molecular weight excluding hydrogens is 279 g/mol. The van der Waals surface area contributed by atoms with Crippen molar-refractivity contribution in [2.75, 3.05) is 0 Å². The number of rotatable bonds is 6. The van der Waals surface area contributed by atoms with Crippen LogP contribution in [0.3, 0.4) is 0 Å². The number of Topliss-reactive ketones (excluding diaryl/α,β-unsaturated/α-hetero) is 1. The number of alkyl halides is 3. The Kier molecular flexibility index (Phi) is 5.79. The van der Waals surface area contributed by atoms with Crippen LogP contribution in [0.4, 0.5) is 13.2 Å². The minimum Gasteiger partial charge on any atom is -0.294 e. The van der Waals surface area contributed by atoms with Gasteiger partial charge in [-0.3, -0.25) is 4.79 Å². The summed E-state index contributed by atoms with van der Waals surface area (Å²) in [6.45, 7) is 2.05. The molecule has 2 nitrogen and oxygen atoms in total. The molecule has 1 aromatic heterocycles. The van der Waals surface area contributed by atoms with E-state index in [0.717, 1.165) is 31.4 Å². The van der Waals surface area contributed by atoms with Gasteiger partial charge >= 0.3 is 6.18 Å². The van der Waals surface area contributed by atoms with Gasteiger partial charge in [0.2, 0.25) is 0 Å². The molecule has 0 unspecified atom stereocenters. The third kappa shape index (κ3) is 4.82. The minimum absolute atomic E-state index is 0.0613. The molecule has 1 aromatic rings. The first-order valence-corrected chi connectivity index (χ1v) is 6.51. The van der Waals surface area contributed by atoms with Gasteiger partial charge in [-0.25, -0.2) is 4.98 Å². The summed E-state index contributed by atoms with van der Waals surface area (Å²) in [4.78, 5) is 15.0. The minimum atomic E-state index is -4.55. The zero-order valence-corrected chi connectivity index (χ0v) is 11.3. The molecule has 0 atom stereocenters. The van der Waals surface area contributed by atoms with E-state index >= 15 is 0 Å². The fraction of sp³-hybridized carbons (Fsp3) is 0.538. The average molecular weight is 294 g/mol. The van der Waals surface area contributed by atoms with Crippen LogP contribution < -0.4 is 0 Å². The van der Waals surface area contributed by atoms with Gasteiger partial charge in [0.05, 0.1) is 5.56 Å². The van der Waals surface area contributed by atoms with Crippen molar-refractivity contribution >= 4 is 17.4 Å². The Morgan fingerprint density at radius 3 is 2.47 bits per heavy atom. The summed E-state index contributed by atoms with van der Waals surface area (Å²) in [7, 11) is 0. The van der Waals surface area contributed by atoms with Gasteiger partial charge in [0.25, 0.3) is 0 Å². The first-order chi connectivity index (χ1) is 8.86. The van der Waals surface area contributed by atoms with Gasteiger partial charge in [-0.15, -0.1) is 0 Å². The van der Waals surface area contributed by atoms with Crippen molar-refractivity contribution in [2.24, 2.45) is 0 Å². The fourth-order valence-electron chi connectivity index (χ4n) is 1.65. The van der Waals surface area contributed by atoms with Crippen molar-refractivity contribution in [2.45, 2.75) is 45.2 Å². The molecule has 1 heterocycles. The van der Waals surface area contributed by atoms with E-state index in [9.17, 15) is 18.0 Å². The molecule has 0 saturated heterocycles. The molecule has 0 amide bonds. The first kappa shape index (κ1) is 16.0. The van der Waals surface area contributed by atoms with Gasteiger partial charge in [-0.1, -0.05) is 37.8 Å². The molecule has 19 heavy (non-hydrogen) atoms. The van der Waals surface area contributed by atoms with Gasteiger partial charge in [0.15, 0.2) is 5.78 Å². The Balaban J connectivity index is 2.71. The van der Waals surface area contributed by atoms with E-state index in [-0.39, 0.29) is 22.9 Å². The van der Waals surface area contributed by atoms with Crippen LogP contribution in [0, 0.1) is 0 Å². The molecule has 0 saturated carbocycles. The number of unbranched alkanes of at least 4 members (excludes halogenated alkanes) is 3. The SMILES string of the molecule is CCCCCCC(=O)c1ccc(C(F)(F)F)nc1Cl. The largest absolute Gasteiger partial charge is 0.433 e. The molecule has 106 valence electrons. The molecule has 0 aromatic carbocycles. The van der Waals surface area contributed by atoms with Crippen molar-refractivity contribution < 1.29 is 18.0 Å². The lowest BCUT2D eigenvalue weighted by Gasteiger charge is -2.08. The summed E-state index contributed by atoms with van der Waals surface area (Å²) in [5.74, 6) is -0.262. The van der Waals surface area contributed by atoms with Crippen LogP contribution in [0.25, 0.3) is 0 Å². The number of pyridine rings is 1. The number of aromatic nitrogens is 1. The molecule has 0 aliphatic carbocycles. The van der Waals surface area contributed by atoms with Crippen molar-refractivity contribution in [1.29, 1.82) is 0 Å². The average Bonchev–Trinajstić information content (AvgIpc) is 2.33. The molecular formula is C13H15ClF3NO. The quantitative estimate of drug-likeness (QED) is 0.424. The highest BCUT2D eigenvalue weighted by atomic mass is 35.5. The molecule has 0 aliphatic rings. The van der Waals surface area contributed by atoms with Crippen LogP contribution in [0.2, 0.25) is 5.15 Å². The molecule has 1 rings (SSSR count). The Morgan fingerprint density at radius 2 is 1.95 bits per heavy atom. The number of ketones is 1. The normalized spacial score (nSPS) is 11.6. The molecule has 0 bridgehead atoms. The smallest absolute Gasteiger partial charge is 0.294 e. The van der Waals surface area contributed by atoms with E-state index in [4.69, 9.17) is 11.6 Å². The van der Waals surface area contributed by atoms with E-state index in [0.29, 0.717) is 6.42 Å². The highest BCUT2D eigenvalue weighted by Gasteiger charge is 2.33. The Morgan fingerprint density at radius 1 is 1.26 bits per heavy atom. The lowest BCUT2D eigenvalue weighted by atomic mass is 10.1. The van der Waals surface area contributed by atoms with Crippen molar-refractivity contribution in [3.63, 3.8) is 0 Å². The Labute approximate surface area is 115 Å². The van der Waals surface area contributed by atoms with E-state index in [1.54, 1.807) is 0 Å². The lowest BCUT2D eigenvalue weighted by Crippen LogP contribution is -2.10. The zero-order valence-electron chi connectivity index (χ0n) is 10.6. The number of nitrogens with zero attached hydrogens (tertiary/aromatic N) is 1. The summed E-state index contributed by atoms with van der Waals surface area (Å²) in [6, 6.07) is 1.88. The molecule has 0 spiro atoms. The summed E-state index contributed by atoms with van der Waals surface area (Å²) < 4.78 is 37.1. The van der Waals surface area contributed by atoms with Gasteiger partial charge < -0.3 is 0 Å². The van der Waals surface area contributed by atoms with Crippen molar-refractivity contribution in [3.05, 3.63) is 28.5 Å². The third-order valence-corrected chi connectivity index (χ3v) is 2.99. The molecule has 0 N–H and O–H groups in total. The summed E-state index contributed by atoms with van der Waals surface area (Å²) >= 11 is 5.64. The van der Waals surface area contributed by atoms with Crippen LogP contribution in [-0.2, 0) is 6.18 Å². The number of carbonyl (C=O) groups excluding carboxylic acids is 1. The maximum absolute atomic E-state index is 12.4. The van der Waals surface area contributed by atoms with E-state index in [1.807, 2.05) is 0 Å². The lowest BCUT2D eigenvalue weighted by molar-refractivity contribution is -0.141. The monoisotopic (exact) mass is 293 g/mol. The maximum atomic E-state index is 12.4. The zero-order chi connectivity index (χ0) is 14.5. The fourth-order valence-corrected chi connectivity index (χ4v) is 1.91. The van der Waals surface area contributed by atoms with E-state index < -0.39 is 11.9 Å². The summed E-state index contributed by atoms with van der Waals surface area (Å²) in [5.41, 5.74) is -1.02. The second-order valence-electron chi connectivity index (χ2n) is 4.27. The first-order valence-electron chi connectivity index (χ1n) is 6.13. The Hall–Kier alpha value is -1.10. The second-order valence-corrected chi connectivity index (χ2v) is 4.62. The van der Waals surface area contributed by atoms with Crippen LogP contribution in [0.1, 0.15) is 55.1 Å². The van der Waals surface area contributed by atoms with Gasteiger partial charge in [0.1, 0.15) is 10.8 Å². The van der Waals surface area contributed by atoms with Crippen molar-refractivity contribution in [1.82, 2.24) is 4.98 Å². The predicted molar refractivity (Wildman–Crippen MR) is 67.3 cm³/mol. The predicted octanol–water partition coefficient (Wildman–Crippen LogP) is 4.91. The number of carbonyl (C=O) groups is 1. The van der Waals surface area contributed by atoms with E-state index in [1.165, 1.54) is 0 Å². The maximum Gasteiger partial charge on any atom is 0.433 e. The van der Waals surface area contributed by atoms with Crippen LogP contribution in [0.15, 0.2) is 12.1 Å². The van der Waals surface area contributed by atoms with Gasteiger partial charge in [0, 0.05) is 6.42 Å². The molecule has 0 fully saturated rings. The second kappa shape index (κ2) is 6.89.